The van der Waals surface area contributed by atoms with E-state index in [0.717, 1.165) is 12.3 Å². The van der Waals surface area contributed by atoms with Crippen molar-refractivity contribution in [3.8, 4) is 0 Å². The number of alkyl halides is 3. The molecular formula is C20H21F3N6O2. The molecule has 4 rings (SSSR count). The van der Waals surface area contributed by atoms with E-state index >= 15 is 0 Å². The number of H-pyrrole nitrogens is 1. The summed E-state index contributed by atoms with van der Waals surface area (Å²) in [6, 6.07) is 2.45. The van der Waals surface area contributed by atoms with Gasteiger partial charge in [-0.2, -0.15) is 13.2 Å². The molecule has 0 spiro atoms. The SMILES string of the molecule is CN(C(=O)c1cn(C)c(=O)c2[nH]ccc12)C1CCN(c2nccc(C(F)(F)F)n2)CC1. The van der Waals surface area contributed by atoms with Crippen molar-refractivity contribution in [2.75, 3.05) is 25.0 Å². The smallest absolute Gasteiger partial charge is 0.357 e. The zero-order chi connectivity index (χ0) is 22.3. The topological polar surface area (TPSA) is 87.1 Å². The number of nitrogens with one attached hydrogen (secondary N) is 1. The van der Waals surface area contributed by atoms with E-state index in [9.17, 15) is 22.8 Å². The number of carbonyl (C=O) groups excluding carboxylic acids is 1. The van der Waals surface area contributed by atoms with Crippen molar-refractivity contribution >= 4 is 22.8 Å². The van der Waals surface area contributed by atoms with E-state index in [-0.39, 0.29) is 23.5 Å². The number of hydrogen-bond acceptors (Lipinski definition) is 5. The first-order chi connectivity index (χ1) is 14.7. The molecule has 3 aromatic heterocycles. The van der Waals surface area contributed by atoms with Crippen LogP contribution in [0.4, 0.5) is 19.1 Å². The highest BCUT2D eigenvalue weighted by molar-refractivity contribution is 6.05. The maximum Gasteiger partial charge on any atom is 0.433 e. The number of piperidine rings is 1. The van der Waals surface area contributed by atoms with Gasteiger partial charge in [0.1, 0.15) is 11.2 Å². The number of aromatic amines is 1. The molecule has 0 aliphatic carbocycles. The van der Waals surface area contributed by atoms with Gasteiger partial charge in [0, 0.05) is 57.2 Å². The second-order valence-corrected chi connectivity index (χ2v) is 7.60. The highest BCUT2D eigenvalue weighted by Gasteiger charge is 2.34. The summed E-state index contributed by atoms with van der Waals surface area (Å²) in [5, 5.41) is 0.565. The van der Waals surface area contributed by atoms with E-state index < -0.39 is 11.9 Å². The number of pyridine rings is 1. The normalized spacial score (nSPS) is 15.5. The average Bonchev–Trinajstić information content (AvgIpc) is 3.25. The summed E-state index contributed by atoms with van der Waals surface area (Å²) < 4.78 is 40.1. The van der Waals surface area contributed by atoms with Gasteiger partial charge in [0.2, 0.25) is 5.95 Å². The molecule has 0 bridgehead atoms. The molecule has 3 aromatic rings. The van der Waals surface area contributed by atoms with Crippen molar-refractivity contribution in [3.63, 3.8) is 0 Å². The van der Waals surface area contributed by atoms with Crippen LogP contribution in [-0.4, -0.2) is 56.5 Å². The van der Waals surface area contributed by atoms with Gasteiger partial charge in [0.15, 0.2) is 0 Å². The lowest BCUT2D eigenvalue weighted by Gasteiger charge is -2.37. The molecule has 1 saturated heterocycles. The fourth-order valence-corrected chi connectivity index (χ4v) is 3.91. The van der Waals surface area contributed by atoms with Gasteiger partial charge in [0.25, 0.3) is 11.5 Å². The number of amides is 1. The summed E-state index contributed by atoms with van der Waals surface area (Å²) in [5.41, 5.74) is -0.395. The van der Waals surface area contributed by atoms with Crippen molar-refractivity contribution in [1.29, 1.82) is 0 Å². The maximum absolute atomic E-state index is 13.2. The third kappa shape index (κ3) is 3.87. The minimum atomic E-state index is -4.53. The number of rotatable bonds is 3. The Balaban J connectivity index is 1.49. The first kappa shape index (κ1) is 20.9. The van der Waals surface area contributed by atoms with Gasteiger partial charge in [-0.1, -0.05) is 0 Å². The van der Waals surface area contributed by atoms with Crippen molar-refractivity contribution < 1.29 is 18.0 Å². The summed E-state index contributed by atoms with van der Waals surface area (Å²) in [6.07, 6.45) is 0.851. The predicted octanol–water partition coefficient (Wildman–Crippen LogP) is 2.42. The predicted molar refractivity (Wildman–Crippen MR) is 108 cm³/mol. The first-order valence-electron chi connectivity index (χ1n) is 9.76. The second-order valence-electron chi connectivity index (χ2n) is 7.60. The number of aromatic nitrogens is 4. The first-order valence-corrected chi connectivity index (χ1v) is 9.76. The molecule has 1 aliphatic rings. The summed E-state index contributed by atoms with van der Waals surface area (Å²) in [6.45, 7) is 0.854. The Morgan fingerprint density at radius 2 is 1.97 bits per heavy atom. The standard InChI is InChI=1S/C20H21F3N6O2/c1-27-11-14(13-3-7-24-16(13)18(27)31)17(30)28(2)12-5-9-29(10-6-12)19-25-8-4-15(26-19)20(21,22)23/h3-4,7-8,11-12,24H,5-6,9-10H2,1-2H3. The van der Waals surface area contributed by atoms with Gasteiger partial charge in [-0.25, -0.2) is 9.97 Å². The molecule has 0 radical (unpaired) electrons. The van der Waals surface area contributed by atoms with Crippen molar-refractivity contribution in [2.24, 2.45) is 7.05 Å². The molecule has 0 aromatic carbocycles. The second kappa shape index (κ2) is 7.71. The van der Waals surface area contributed by atoms with Gasteiger partial charge in [-0.3, -0.25) is 9.59 Å². The van der Waals surface area contributed by atoms with Crippen LogP contribution in [0, 0.1) is 0 Å². The van der Waals surface area contributed by atoms with E-state index in [1.807, 2.05) is 0 Å². The van der Waals surface area contributed by atoms with E-state index in [4.69, 9.17) is 0 Å². The Hall–Kier alpha value is -3.37. The summed E-state index contributed by atoms with van der Waals surface area (Å²) in [4.78, 5) is 39.2. The molecule has 8 nitrogen and oxygen atoms in total. The highest BCUT2D eigenvalue weighted by atomic mass is 19.4. The van der Waals surface area contributed by atoms with Crippen LogP contribution in [0.1, 0.15) is 28.9 Å². The van der Waals surface area contributed by atoms with E-state index in [0.29, 0.717) is 42.4 Å². The van der Waals surface area contributed by atoms with Crippen LogP contribution in [0.3, 0.4) is 0 Å². The Kier molecular flexibility index (Phi) is 5.19. The van der Waals surface area contributed by atoms with E-state index in [1.54, 1.807) is 36.2 Å². The van der Waals surface area contributed by atoms with Crippen LogP contribution in [0.5, 0.6) is 0 Å². The van der Waals surface area contributed by atoms with Crippen LogP contribution in [0.2, 0.25) is 0 Å². The van der Waals surface area contributed by atoms with Gasteiger partial charge in [0.05, 0.1) is 5.56 Å². The average molecular weight is 434 g/mol. The molecule has 0 atom stereocenters. The molecule has 1 N–H and O–H groups in total. The molecule has 0 saturated carbocycles. The van der Waals surface area contributed by atoms with Crippen LogP contribution in [-0.2, 0) is 13.2 Å². The van der Waals surface area contributed by atoms with Crippen molar-refractivity contribution in [3.05, 3.63) is 52.3 Å². The van der Waals surface area contributed by atoms with E-state index in [2.05, 4.69) is 15.0 Å². The van der Waals surface area contributed by atoms with Crippen LogP contribution in [0.25, 0.3) is 10.9 Å². The number of nitrogens with zero attached hydrogens (tertiary/aromatic N) is 5. The maximum atomic E-state index is 13.2. The minimum Gasteiger partial charge on any atom is -0.357 e. The molecule has 31 heavy (non-hydrogen) atoms. The fourth-order valence-electron chi connectivity index (χ4n) is 3.91. The zero-order valence-electron chi connectivity index (χ0n) is 17.0. The lowest BCUT2D eigenvalue weighted by molar-refractivity contribution is -0.141. The Bertz CT molecular complexity index is 1180. The van der Waals surface area contributed by atoms with Crippen molar-refractivity contribution in [2.45, 2.75) is 25.1 Å². The van der Waals surface area contributed by atoms with Gasteiger partial charge < -0.3 is 19.4 Å². The number of halogens is 3. The van der Waals surface area contributed by atoms with Crippen LogP contribution in [0.15, 0.2) is 35.5 Å². The van der Waals surface area contributed by atoms with Gasteiger partial charge in [-0.15, -0.1) is 0 Å². The number of fused-ring (bicyclic) bond motifs is 1. The summed E-state index contributed by atoms with van der Waals surface area (Å²) in [7, 11) is 3.29. The molecule has 164 valence electrons. The van der Waals surface area contributed by atoms with E-state index in [1.165, 1.54) is 10.8 Å². The molecule has 1 amide bonds. The minimum absolute atomic E-state index is 0.0364. The number of hydrogen-bond donors (Lipinski definition) is 1. The van der Waals surface area contributed by atoms with Crippen LogP contribution >= 0.6 is 0 Å². The third-order valence-electron chi connectivity index (χ3n) is 5.67. The molecule has 4 heterocycles. The Morgan fingerprint density at radius 1 is 1.26 bits per heavy atom. The number of aryl methyl sites for hydroxylation is 1. The zero-order valence-corrected chi connectivity index (χ0v) is 17.0. The lowest BCUT2D eigenvalue weighted by atomic mass is 10.0. The quantitative estimate of drug-likeness (QED) is 0.684. The van der Waals surface area contributed by atoms with Gasteiger partial charge >= 0.3 is 6.18 Å². The van der Waals surface area contributed by atoms with Crippen molar-refractivity contribution in [1.82, 2.24) is 24.4 Å². The van der Waals surface area contributed by atoms with Crippen LogP contribution < -0.4 is 10.5 Å². The highest BCUT2D eigenvalue weighted by Crippen LogP contribution is 2.29. The molecule has 0 unspecified atom stereocenters. The lowest BCUT2D eigenvalue weighted by Crippen LogP contribution is -2.46. The molecule has 1 aliphatic heterocycles. The molecule has 1 fully saturated rings. The number of anilines is 1. The largest absolute Gasteiger partial charge is 0.433 e. The third-order valence-corrected chi connectivity index (χ3v) is 5.67. The monoisotopic (exact) mass is 434 g/mol. The summed E-state index contributed by atoms with van der Waals surface area (Å²) in [5.74, 6) is -0.177. The fraction of sp³-hybridized carbons (Fsp3) is 0.400. The Morgan fingerprint density at radius 3 is 2.65 bits per heavy atom. The Labute approximate surface area is 175 Å². The molecular weight excluding hydrogens is 413 g/mol. The van der Waals surface area contributed by atoms with Gasteiger partial charge in [-0.05, 0) is 25.0 Å². The number of carbonyl (C=O) groups is 1. The molecule has 11 heteroatoms. The summed E-state index contributed by atoms with van der Waals surface area (Å²) >= 11 is 0.